The van der Waals surface area contributed by atoms with Crippen LogP contribution in [0.2, 0.25) is 0 Å². The first-order chi connectivity index (χ1) is 12.0. The molecule has 0 unspecified atom stereocenters. The van der Waals surface area contributed by atoms with E-state index in [-0.39, 0.29) is 5.69 Å². The van der Waals surface area contributed by atoms with Gasteiger partial charge in [0.25, 0.3) is 5.69 Å². The standard InChI is InChI=1S/C17H23NO7/c1-23-16(19)15(17(20)24-2)7-5-3-4-6-12-25-14-10-8-13(9-11-14)18(21)22/h8-11,15H,3-7,12H2,1-2H3. The number of ether oxygens (including phenoxy) is 3. The van der Waals surface area contributed by atoms with Crippen molar-refractivity contribution in [3.05, 3.63) is 34.4 Å². The van der Waals surface area contributed by atoms with E-state index in [1.165, 1.54) is 26.4 Å². The number of benzene rings is 1. The van der Waals surface area contributed by atoms with Crippen molar-refractivity contribution in [2.24, 2.45) is 5.92 Å². The zero-order valence-electron chi connectivity index (χ0n) is 14.4. The second-order valence-electron chi connectivity index (χ2n) is 5.40. The predicted octanol–water partition coefficient (Wildman–Crippen LogP) is 2.89. The predicted molar refractivity (Wildman–Crippen MR) is 89.2 cm³/mol. The van der Waals surface area contributed by atoms with E-state index >= 15 is 0 Å². The van der Waals surface area contributed by atoms with Crippen LogP contribution >= 0.6 is 0 Å². The number of carbonyl (C=O) groups excluding carboxylic acids is 2. The molecule has 0 amide bonds. The molecule has 0 radical (unpaired) electrons. The van der Waals surface area contributed by atoms with Crippen molar-refractivity contribution in [3.8, 4) is 5.75 Å². The van der Waals surface area contributed by atoms with Crippen LogP contribution in [0.1, 0.15) is 32.1 Å². The van der Waals surface area contributed by atoms with Crippen molar-refractivity contribution in [3.63, 3.8) is 0 Å². The topological polar surface area (TPSA) is 105 Å². The maximum Gasteiger partial charge on any atom is 0.320 e. The summed E-state index contributed by atoms with van der Waals surface area (Å²) in [6.45, 7) is 0.495. The second-order valence-corrected chi connectivity index (χ2v) is 5.40. The van der Waals surface area contributed by atoms with Gasteiger partial charge in [-0.25, -0.2) is 0 Å². The lowest BCUT2D eigenvalue weighted by molar-refractivity contribution is -0.384. The van der Waals surface area contributed by atoms with Gasteiger partial charge in [-0.05, 0) is 25.0 Å². The van der Waals surface area contributed by atoms with Gasteiger partial charge in [0, 0.05) is 12.1 Å². The van der Waals surface area contributed by atoms with Crippen LogP contribution in [0.5, 0.6) is 5.75 Å². The Morgan fingerprint density at radius 1 is 1.00 bits per heavy atom. The average Bonchev–Trinajstić information content (AvgIpc) is 2.63. The first-order valence-electron chi connectivity index (χ1n) is 8.02. The first kappa shape index (κ1) is 20.4. The zero-order valence-corrected chi connectivity index (χ0v) is 14.4. The summed E-state index contributed by atoms with van der Waals surface area (Å²) in [7, 11) is 2.49. The third kappa shape index (κ3) is 7.19. The summed E-state index contributed by atoms with van der Waals surface area (Å²) in [6, 6.07) is 5.93. The molecular weight excluding hydrogens is 330 g/mol. The number of esters is 2. The quantitative estimate of drug-likeness (QED) is 0.198. The molecule has 1 rings (SSSR count). The van der Waals surface area contributed by atoms with E-state index in [9.17, 15) is 19.7 Å². The van der Waals surface area contributed by atoms with Crippen LogP contribution in [0.15, 0.2) is 24.3 Å². The summed E-state index contributed by atoms with van der Waals surface area (Å²) < 4.78 is 14.7. The Bertz CT molecular complexity index is 555. The number of hydrogen-bond donors (Lipinski definition) is 0. The minimum absolute atomic E-state index is 0.0260. The van der Waals surface area contributed by atoms with E-state index in [0.29, 0.717) is 25.2 Å². The molecule has 0 N–H and O–H groups in total. The number of hydrogen-bond acceptors (Lipinski definition) is 7. The highest BCUT2D eigenvalue weighted by Crippen LogP contribution is 2.18. The lowest BCUT2D eigenvalue weighted by Gasteiger charge is -2.12. The van der Waals surface area contributed by atoms with Gasteiger partial charge < -0.3 is 14.2 Å². The van der Waals surface area contributed by atoms with Crippen LogP contribution in [0, 0.1) is 16.0 Å². The fourth-order valence-electron chi connectivity index (χ4n) is 2.27. The molecule has 8 heteroatoms. The number of rotatable bonds is 11. The minimum atomic E-state index is -0.869. The van der Waals surface area contributed by atoms with E-state index in [0.717, 1.165) is 19.3 Å². The van der Waals surface area contributed by atoms with Crippen molar-refractivity contribution >= 4 is 17.6 Å². The molecule has 1 aromatic rings. The minimum Gasteiger partial charge on any atom is -0.494 e. The number of methoxy groups -OCH3 is 2. The first-order valence-corrected chi connectivity index (χ1v) is 8.02. The summed E-state index contributed by atoms with van der Waals surface area (Å²) in [6.07, 6.45) is 3.61. The Hall–Kier alpha value is -2.64. The Kier molecular flexibility index (Phi) is 8.99. The Morgan fingerprint density at radius 2 is 1.56 bits per heavy atom. The summed E-state index contributed by atoms with van der Waals surface area (Å²) in [4.78, 5) is 33.1. The lowest BCUT2D eigenvalue weighted by atomic mass is 10.0. The number of unbranched alkanes of at least 4 members (excludes halogenated alkanes) is 3. The van der Waals surface area contributed by atoms with Gasteiger partial charge in [0.05, 0.1) is 25.7 Å². The van der Waals surface area contributed by atoms with Gasteiger partial charge >= 0.3 is 11.9 Å². The molecule has 0 bridgehead atoms. The normalized spacial score (nSPS) is 10.4. The lowest BCUT2D eigenvalue weighted by Crippen LogP contribution is -2.26. The van der Waals surface area contributed by atoms with Gasteiger partial charge in [-0.1, -0.05) is 19.3 Å². The molecule has 0 aliphatic carbocycles. The molecule has 0 aromatic heterocycles. The number of carbonyl (C=O) groups is 2. The van der Waals surface area contributed by atoms with Crippen molar-refractivity contribution in [2.45, 2.75) is 32.1 Å². The summed E-state index contributed by atoms with van der Waals surface area (Å²) in [5, 5.41) is 10.6. The molecule has 25 heavy (non-hydrogen) atoms. The van der Waals surface area contributed by atoms with E-state index in [4.69, 9.17) is 4.74 Å². The smallest absolute Gasteiger partial charge is 0.320 e. The highest BCUT2D eigenvalue weighted by atomic mass is 16.6. The summed E-state index contributed by atoms with van der Waals surface area (Å²) >= 11 is 0. The summed E-state index contributed by atoms with van der Waals surface area (Å²) in [5.41, 5.74) is 0.0260. The maximum atomic E-state index is 11.5. The van der Waals surface area contributed by atoms with Gasteiger partial charge in [0.15, 0.2) is 5.92 Å². The Balaban J connectivity index is 2.20. The van der Waals surface area contributed by atoms with Gasteiger partial charge in [0.1, 0.15) is 5.75 Å². The second kappa shape index (κ2) is 11.0. The molecular formula is C17H23NO7. The van der Waals surface area contributed by atoms with Crippen LogP contribution < -0.4 is 4.74 Å². The van der Waals surface area contributed by atoms with Crippen molar-refractivity contribution in [2.75, 3.05) is 20.8 Å². The molecule has 0 aliphatic rings. The number of non-ortho nitro benzene ring substituents is 1. The third-order valence-corrected chi connectivity index (χ3v) is 3.67. The Morgan fingerprint density at radius 3 is 2.08 bits per heavy atom. The van der Waals surface area contributed by atoms with Crippen LogP contribution in [-0.2, 0) is 19.1 Å². The van der Waals surface area contributed by atoms with Gasteiger partial charge in [0.2, 0.25) is 0 Å². The fraction of sp³-hybridized carbons (Fsp3) is 0.529. The third-order valence-electron chi connectivity index (χ3n) is 3.67. The molecule has 0 heterocycles. The van der Waals surface area contributed by atoms with Crippen LogP contribution in [0.4, 0.5) is 5.69 Å². The molecule has 0 saturated carbocycles. The zero-order chi connectivity index (χ0) is 18.7. The van der Waals surface area contributed by atoms with Crippen LogP contribution in [0.3, 0.4) is 0 Å². The monoisotopic (exact) mass is 353 g/mol. The van der Waals surface area contributed by atoms with Crippen LogP contribution in [0.25, 0.3) is 0 Å². The summed E-state index contributed by atoms with van der Waals surface area (Å²) in [5.74, 6) is -1.44. The van der Waals surface area contributed by atoms with Crippen LogP contribution in [-0.4, -0.2) is 37.7 Å². The van der Waals surface area contributed by atoms with E-state index in [2.05, 4.69) is 9.47 Å². The highest BCUT2D eigenvalue weighted by molar-refractivity contribution is 5.94. The van der Waals surface area contributed by atoms with Crippen molar-refractivity contribution < 1.29 is 28.7 Å². The molecule has 8 nitrogen and oxygen atoms in total. The van der Waals surface area contributed by atoms with E-state index in [1.54, 1.807) is 12.1 Å². The number of nitrogens with zero attached hydrogens (tertiary/aromatic N) is 1. The maximum absolute atomic E-state index is 11.5. The largest absolute Gasteiger partial charge is 0.494 e. The SMILES string of the molecule is COC(=O)C(CCCCCCOc1ccc([N+](=O)[O-])cc1)C(=O)OC. The fourth-order valence-corrected chi connectivity index (χ4v) is 2.27. The molecule has 0 atom stereocenters. The molecule has 0 fully saturated rings. The van der Waals surface area contributed by atoms with E-state index < -0.39 is 22.8 Å². The highest BCUT2D eigenvalue weighted by Gasteiger charge is 2.27. The van der Waals surface area contributed by atoms with Crippen molar-refractivity contribution in [1.29, 1.82) is 0 Å². The molecule has 0 spiro atoms. The average molecular weight is 353 g/mol. The van der Waals surface area contributed by atoms with Gasteiger partial charge in [-0.3, -0.25) is 19.7 Å². The molecule has 0 aliphatic heterocycles. The van der Waals surface area contributed by atoms with Crippen molar-refractivity contribution in [1.82, 2.24) is 0 Å². The number of nitro benzene ring substituents is 1. The van der Waals surface area contributed by atoms with Gasteiger partial charge in [-0.2, -0.15) is 0 Å². The Labute approximate surface area is 146 Å². The molecule has 138 valence electrons. The van der Waals surface area contributed by atoms with Gasteiger partial charge in [-0.15, -0.1) is 0 Å². The molecule has 0 saturated heterocycles. The van der Waals surface area contributed by atoms with E-state index in [1.807, 2.05) is 0 Å². The number of nitro groups is 1. The molecule has 1 aromatic carbocycles.